The molecule has 112 valence electrons. The molecule has 0 aromatic heterocycles. The molecule has 0 N–H and O–H groups in total. The zero-order valence-electron chi connectivity index (χ0n) is 11.5. The molecule has 5 nitrogen and oxygen atoms in total. The van der Waals surface area contributed by atoms with E-state index in [0.29, 0.717) is 6.42 Å². The van der Waals surface area contributed by atoms with Gasteiger partial charge in [-0.3, -0.25) is 4.79 Å². The molecule has 21 heavy (non-hydrogen) atoms. The SMILES string of the molecule is CCC1CN(S(=O)(=O)c2cccc(F)c2C#N)CCC1=O. The van der Waals surface area contributed by atoms with E-state index in [1.54, 1.807) is 6.07 Å². The number of carbonyl (C=O) groups is 1. The predicted octanol–water partition coefficient (Wildman–Crippen LogP) is 1.69. The molecule has 1 aliphatic heterocycles. The Kier molecular flexibility index (Phi) is 4.40. The summed E-state index contributed by atoms with van der Waals surface area (Å²) >= 11 is 0. The lowest BCUT2D eigenvalue weighted by molar-refractivity contribution is -0.125. The molecule has 0 saturated carbocycles. The fourth-order valence-corrected chi connectivity index (χ4v) is 4.06. The summed E-state index contributed by atoms with van der Waals surface area (Å²) in [6.07, 6.45) is 0.702. The highest BCUT2D eigenvalue weighted by molar-refractivity contribution is 7.89. The fraction of sp³-hybridized carbons (Fsp3) is 0.429. The topological polar surface area (TPSA) is 78.2 Å². The molecule has 0 bridgehead atoms. The van der Waals surface area contributed by atoms with Crippen molar-refractivity contribution in [3.8, 4) is 6.07 Å². The molecule has 0 spiro atoms. The van der Waals surface area contributed by atoms with Crippen LogP contribution in [0.3, 0.4) is 0 Å². The maximum Gasteiger partial charge on any atom is 0.244 e. The molecule has 1 unspecified atom stereocenters. The molecule has 1 fully saturated rings. The Morgan fingerprint density at radius 1 is 1.48 bits per heavy atom. The van der Waals surface area contributed by atoms with Crippen LogP contribution >= 0.6 is 0 Å². The van der Waals surface area contributed by atoms with Crippen LogP contribution in [0.15, 0.2) is 23.1 Å². The molecule has 2 rings (SSSR count). The Bertz CT molecular complexity index is 709. The van der Waals surface area contributed by atoms with Gasteiger partial charge in [0.1, 0.15) is 28.1 Å². The Morgan fingerprint density at radius 3 is 2.81 bits per heavy atom. The van der Waals surface area contributed by atoms with Gasteiger partial charge in [0, 0.05) is 25.4 Å². The maximum absolute atomic E-state index is 13.6. The Hall–Kier alpha value is -1.78. The van der Waals surface area contributed by atoms with Gasteiger partial charge >= 0.3 is 0 Å². The van der Waals surface area contributed by atoms with Gasteiger partial charge in [0.15, 0.2) is 0 Å². The first kappa shape index (κ1) is 15.6. The van der Waals surface area contributed by atoms with Gasteiger partial charge in [-0.05, 0) is 18.6 Å². The number of benzene rings is 1. The summed E-state index contributed by atoms with van der Waals surface area (Å²) in [4.78, 5) is 11.3. The monoisotopic (exact) mass is 310 g/mol. The molecule has 1 aromatic carbocycles. The van der Waals surface area contributed by atoms with E-state index in [4.69, 9.17) is 5.26 Å². The second-order valence-electron chi connectivity index (χ2n) is 4.91. The van der Waals surface area contributed by atoms with Crippen LogP contribution in [0.25, 0.3) is 0 Å². The van der Waals surface area contributed by atoms with Gasteiger partial charge in [0.25, 0.3) is 0 Å². The zero-order chi connectivity index (χ0) is 15.6. The van der Waals surface area contributed by atoms with E-state index in [-0.39, 0.29) is 36.1 Å². The molecule has 0 amide bonds. The quantitative estimate of drug-likeness (QED) is 0.851. The summed E-state index contributed by atoms with van der Waals surface area (Å²) in [7, 11) is -3.98. The van der Waals surface area contributed by atoms with Gasteiger partial charge in [-0.2, -0.15) is 9.57 Å². The van der Waals surface area contributed by atoms with Gasteiger partial charge in [-0.25, -0.2) is 12.8 Å². The summed E-state index contributed by atoms with van der Waals surface area (Å²) in [5, 5.41) is 8.97. The fourth-order valence-electron chi connectivity index (χ4n) is 2.42. The molecule has 0 aliphatic carbocycles. The van der Waals surface area contributed by atoms with Crippen molar-refractivity contribution in [2.75, 3.05) is 13.1 Å². The van der Waals surface area contributed by atoms with E-state index in [0.717, 1.165) is 10.4 Å². The highest BCUT2D eigenvalue weighted by Gasteiger charge is 2.35. The zero-order valence-corrected chi connectivity index (χ0v) is 12.4. The highest BCUT2D eigenvalue weighted by Crippen LogP contribution is 2.26. The normalized spacial score (nSPS) is 20.2. The Labute approximate surface area is 123 Å². The lowest BCUT2D eigenvalue weighted by Gasteiger charge is -2.30. The van der Waals surface area contributed by atoms with Crippen molar-refractivity contribution in [3.63, 3.8) is 0 Å². The van der Waals surface area contributed by atoms with Crippen molar-refractivity contribution < 1.29 is 17.6 Å². The third kappa shape index (κ3) is 2.82. The number of nitriles is 1. The van der Waals surface area contributed by atoms with E-state index < -0.39 is 21.4 Å². The second-order valence-corrected chi connectivity index (χ2v) is 6.82. The van der Waals surface area contributed by atoms with Crippen molar-refractivity contribution in [3.05, 3.63) is 29.6 Å². The van der Waals surface area contributed by atoms with E-state index >= 15 is 0 Å². The number of Topliss-reactive ketones (excluding diaryl/α,β-unsaturated/α-hetero) is 1. The van der Waals surface area contributed by atoms with Gasteiger partial charge in [0.05, 0.1) is 0 Å². The van der Waals surface area contributed by atoms with Crippen LogP contribution in [-0.4, -0.2) is 31.6 Å². The third-order valence-electron chi connectivity index (χ3n) is 3.68. The lowest BCUT2D eigenvalue weighted by atomic mass is 9.96. The maximum atomic E-state index is 13.6. The molecule has 1 aliphatic rings. The largest absolute Gasteiger partial charge is 0.299 e. The summed E-state index contributed by atoms with van der Waals surface area (Å²) < 4.78 is 39.9. The van der Waals surface area contributed by atoms with Gasteiger partial charge in [-0.1, -0.05) is 13.0 Å². The van der Waals surface area contributed by atoms with Crippen LogP contribution in [0, 0.1) is 23.1 Å². The molecule has 1 atom stereocenters. The first-order valence-corrected chi connectivity index (χ1v) is 8.07. The number of sulfonamides is 1. The van der Waals surface area contributed by atoms with Crippen molar-refractivity contribution in [1.29, 1.82) is 5.26 Å². The summed E-state index contributed by atoms with van der Waals surface area (Å²) in [5.41, 5.74) is -0.484. The standard InChI is InChI=1S/C14H15FN2O3S/c1-2-10-9-17(7-6-13(10)18)21(19,20)14-5-3-4-12(15)11(14)8-16/h3-5,10H,2,6-7,9H2,1H3. The summed E-state index contributed by atoms with van der Waals surface area (Å²) in [6, 6.07) is 5.12. The number of ketones is 1. The van der Waals surface area contributed by atoms with Crippen molar-refractivity contribution >= 4 is 15.8 Å². The minimum absolute atomic E-state index is 0.0451. The first-order chi connectivity index (χ1) is 9.91. The number of nitrogens with zero attached hydrogens (tertiary/aromatic N) is 2. The smallest absolute Gasteiger partial charge is 0.244 e. The number of carbonyl (C=O) groups excluding carboxylic acids is 1. The minimum Gasteiger partial charge on any atom is -0.299 e. The van der Waals surface area contributed by atoms with Crippen LogP contribution in [0.4, 0.5) is 4.39 Å². The Morgan fingerprint density at radius 2 is 2.19 bits per heavy atom. The van der Waals surface area contributed by atoms with E-state index in [2.05, 4.69) is 0 Å². The van der Waals surface area contributed by atoms with E-state index in [1.165, 1.54) is 12.1 Å². The molecule has 7 heteroatoms. The number of rotatable bonds is 3. The van der Waals surface area contributed by atoms with Gasteiger partial charge in [-0.15, -0.1) is 0 Å². The lowest BCUT2D eigenvalue weighted by Crippen LogP contribution is -2.44. The second kappa shape index (κ2) is 5.92. The highest BCUT2D eigenvalue weighted by atomic mass is 32.2. The third-order valence-corrected chi connectivity index (χ3v) is 5.59. The van der Waals surface area contributed by atoms with E-state index in [1.807, 2.05) is 6.92 Å². The number of hydrogen-bond acceptors (Lipinski definition) is 4. The summed E-state index contributed by atoms with van der Waals surface area (Å²) in [5.74, 6) is -1.16. The molecule has 1 heterocycles. The van der Waals surface area contributed by atoms with Crippen molar-refractivity contribution in [2.45, 2.75) is 24.7 Å². The van der Waals surface area contributed by atoms with E-state index in [9.17, 15) is 17.6 Å². The minimum atomic E-state index is -3.98. The van der Waals surface area contributed by atoms with Gasteiger partial charge in [0.2, 0.25) is 10.0 Å². The number of piperidine rings is 1. The van der Waals surface area contributed by atoms with Crippen LogP contribution in [0.1, 0.15) is 25.3 Å². The average Bonchev–Trinajstić information content (AvgIpc) is 2.47. The molecule has 0 radical (unpaired) electrons. The van der Waals surface area contributed by atoms with Gasteiger partial charge < -0.3 is 0 Å². The Balaban J connectivity index is 2.42. The first-order valence-electron chi connectivity index (χ1n) is 6.63. The molecule has 1 saturated heterocycles. The summed E-state index contributed by atoms with van der Waals surface area (Å²) in [6.45, 7) is 1.97. The predicted molar refractivity (Wildman–Crippen MR) is 73.3 cm³/mol. The molecular formula is C14H15FN2O3S. The van der Waals surface area contributed by atoms with Crippen LogP contribution < -0.4 is 0 Å². The van der Waals surface area contributed by atoms with Crippen molar-refractivity contribution in [1.82, 2.24) is 4.31 Å². The van der Waals surface area contributed by atoms with Crippen LogP contribution in [0.2, 0.25) is 0 Å². The number of hydrogen-bond donors (Lipinski definition) is 0. The van der Waals surface area contributed by atoms with Crippen molar-refractivity contribution in [2.24, 2.45) is 5.92 Å². The van der Waals surface area contributed by atoms with Crippen LogP contribution in [0.5, 0.6) is 0 Å². The van der Waals surface area contributed by atoms with Crippen LogP contribution in [-0.2, 0) is 14.8 Å². The number of halogens is 1. The molecular weight excluding hydrogens is 295 g/mol. The molecule has 1 aromatic rings. The average molecular weight is 310 g/mol.